The molecule has 0 radical (unpaired) electrons. The molecule has 0 fully saturated rings. The lowest BCUT2D eigenvalue weighted by atomic mass is 10.3. The maximum absolute atomic E-state index is 12.1. The summed E-state index contributed by atoms with van der Waals surface area (Å²) in [5, 5.41) is 9.56. The van der Waals surface area contributed by atoms with Gasteiger partial charge in [0, 0.05) is 26.4 Å². The number of ether oxygens (including phenoxy) is 1. The van der Waals surface area contributed by atoms with E-state index in [4.69, 9.17) is 4.74 Å². The SMILES string of the molecule is C=CCN(CCOC)C(=O)c1ncccc1O. The molecule has 1 aromatic heterocycles. The second kappa shape index (κ2) is 6.65. The quantitative estimate of drug-likeness (QED) is 0.750. The number of carbonyl (C=O) groups is 1. The Hall–Kier alpha value is -1.88. The zero-order valence-corrected chi connectivity index (χ0v) is 9.80. The summed E-state index contributed by atoms with van der Waals surface area (Å²) in [6.07, 6.45) is 3.09. The third kappa shape index (κ3) is 3.57. The normalized spacial score (nSPS) is 9.94. The van der Waals surface area contributed by atoms with E-state index in [2.05, 4.69) is 11.6 Å². The molecule has 0 aliphatic rings. The molecule has 0 aliphatic carbocycles. The minimum absolute atomic E-state index is 0.0467. The highest BCUT2D eigenvalue weighted by atomic mass is 16.5. The van der Waals surface area contributed by atoms with Gasteiger partial charge in [0.25, 0.3) is 5.91 Å². The molecule has 0 bridgehead atoms. The molecule has 0 spiro atoms. The van der Waals surface area contributed by atoms with Crippen molar-refractivity contribution in [3.63, 3.8) is 0 Å². The zero-order valence-electron chi connectivity index (χ0n) is 9.80. The van der Waals surface area contributed by atoms with Gasteiger partial charge >= 0.3 is 0 Å². The number of nitrogens with zero attached hydrogens (tertiary/aromatic N) is 2. The summed E-state index contributed by atoms with van der Waals surface area (Å²) in [7, 11) is 1.56. The first-order valence-electron chi connectivity index (χ1n) is 5.23. The number of amides is 1. The Bertz CT molecular complexity index is 393. The number of rotatable bonds is 6. The standard InChI is InChI=1S/C12H16N2O3/c1-3-7-14(8-9-17-2)12(16)11-10(15)5-4-6-13-11/h3-6,15H,1,7-9H2,2H3. The number of methoxy groups -OCH3 is 1. The highest BCUT2D eigenvalue weighted by Crippen LogP contribution is 2.14. The van der Waals surface area contributed by atoms with Crippen LogP contribution in [0.4, 0.5) is 0 Å². The largest absolute Gasteiger partial charge is 0.505 e. The van der Waals surface area contributed by atoms with Crippen LogP contribution >= 0.6 is 0 Å². The van der Waals surface area contributed by atoms with Crippen LogP contribution in [0.1, 0.15) is 10.5 Å². The van der Waals surface area contributed by atoms with Crippen LogP contribution in [0.3, 0.4) is 0 Å². The van der Waals surface area contributed by atoms with Crippen LogP contribution in [-0.2, 0) is 4.74 Å². The summed E-state index contributed by atoms with van der Waals surface area (Å²) >= 11 is 0. The van der Waals surface area contributed by atoms with Crippen molar-refractivity contribution in [2.45, 2.75) is 0 Å². The Morgan fingerprint density at radius 1 is 1.71 bits per heavy atom. The number of carbonyl (C=O) groups excluding carboxylic acids is 1. The molecule has 1 amide bonds. The monoisotopic (exact) mass is 236 g/mol. The average molecular weight is 236 g/mol. The van der Waals surface area contributed by atoms with Gasteiger partial charge in [-0.2, -0.15) is 0 Å². The fraction of sp³-hybridized carbons (Fsp3) is 0.333. The molecule has 0 atom stereocenters. The molecule has 17 heavy (non-hydrogen) atoms. The van der Waals surface area contributed by atoms with E-state index in [-0.39, 0.29) is 17.4 Å². The van der Waals surface area contributed by atoms with Crippen LogP contribution in [-0.4, -0.2) is 47.7 Å². The number of hydrogen-bond donors (Lipinski definition) is 1. The van der Waals surface area contributed by atoms with Gasteiger partial charge in [0.1, 0.15) is 5.75 Å². The molecule has 92 valence electrons. The number of aromatic nitrogens is 1. The van der Waals surface area contributed by atoms with Crippen LogP contribution < -0.4 is 0 Å². The Balaban J connectivity index is 2.83. The maximum atomic E-state index is 12.1. The van der Waals surface area contributed by atoms with Gasteiger partial charge in [-0.05, 0) is 12.1 Å². The third-order valence-corrected chi connectivity index (χ3v) is 2.19. The predicted molar refractivity (Wildman–Crippen MR) is 63.9 cm³/mol. The third-order valence-electron chi connectivity index (χ3n) is 2.19. The molecular weight excluding hydrogens is 220 g/mol. The van der Waals surface area contributed by atoms with E-state index in [1.54, 1.807) is 19.3 Å². The fourth-order valence-electron chi connectivity index (χ4n) is 1.34. The Morgan fingerprint density at radius 2 is 2.47 bits per heavy atom. The number of pyridine rings is 1. The van der Waals surface area contributed by atoms with E-state index >= 15 is 0 Å². The van der Waals surface area contributed by atoms with Gasteiger partial charge in [0.05, 0.1) is 6.61 Å². The molecule has 1 rings (SSSR count). The lowest BCUT2D eigenvalue weighted by molar-refractivity contribution is 0.0709. The minimum Gasteiger partial charge on any atom is -0.505 e. The molecule has 1 N–H and O–H groups in total. The highest BCUT2D eigenvalue weighted by molar-refractivity contribution is 5.94. The van der Waals surface area contributed by atoms with Crippen LogP contribution in [0, 0.1) is 0 Å². The van der Waals surface area contributed by atoms with Gasteiger partial charge in [-0.25, -0.2) is 4.98 Å². The van der Waals surface area contributed by atoms with Crippen molar-refractivity contribution in [3.8, 4) is 5.75 Å². The van der Waals surface area contributed by atoms with Gasteiger partial charge in [-0.3, -0.25) is 4.79 Å². The van der Waals surface area contributed by atoms with E-state index in [9.17, 15) is 9.90 Å². The van der Waals surface area contributed by atoms with E-state index in [1.165, 1.54) is 17.2 Å². The van der Waals surface area contributed by atoms with Crippen LogP contribution in [0.5, 0.6) is 5.75 Å². The molecule has 5 nitrogen and oxygen atoms in total. The van der Waals surface area contributed by atoms with Gasteiger partial charge in [-0.15, -0.1) is 6.58 Å². The van der Waals surface area contributed by atoms with Crippen molar-refractivity contribution >= 4 is 5.91 Å². The number of hydrogen-bond acceptors (Lipinski definition) is 4. The van der Waals surface area contributed by atoms with Crippen LogP contribution in [0.2, 0.25) is 0 Å². The van der Waals surface area contributed by atoms with Gasteiger partial charge in [-0.1, -0.05) is 6.08 Å². The lowest BCUT2D eigenvalue weighted by Crippen LogP contribution is -2.34. The van der Waals surface area contributed by atoms with E-state index < -0.39 is 0 Å². The Kier molecular flexibility index (Phi) is 5.16. The average Bonchev–Trinajstić information content (AvgIpc) is 2.34. The molecule has 0 saturated heterocycles. The van der Waals surface area contributed by atoms with Crippen molar-refractivity contribution in [2.75, 3.05) is 26.8 Å². The molecule has 5 heteroatoms. The zero-order chi connectivity index (χ0) is 12.7. The molecule has 0 unspecified atom stereocenters. The van der Waals surface area contributed by atoms with Gasteiger partial charge in [0.15, 0.2) is 5.69 Å². The van der Waals surface area contributed by atoms with Crippen molar-refractivity contribution in [2.24, 2.45) is 0 Å². The van der Waals surface area contributed by atoms with E-state index in [0.29, 0.717) is 19.7 Å². The van der Waals surface area contributed by atoms with Crippen molar-refractivity contribution in [1.29, 1.82) is 0 Å². The van der Waals surface area contributed by atoms with Crippen molar-refractivity contribution in [3.05, 3.63) is 36.7 Å². The maximum Gasteiger partial charge on any atom is 0.276 e. The summed E-state index contributed by atoms with van der Waals surface area (Å²) in [5.74, 6) is -0.455. The predicted octanol–water partition coefficient (Wildman–Crippen LogP) is 1.06. The molecule has 0 aliphatic heterocycles. The summed E-state index contributed by atoms with van der Waals surface area (Å²) < 4.78 is 4.92. The van der Waals surface area contributed by atoms with Crippen LogP contribution in [0.25, 0.3) is 0 Å². The smallest absolute Gasteiger partial charge is 0.276 e. The minimum atomic E-state index is -0.333. The van der Waals surface area contributed by atoms with Crippen molar-refractivity contribution in [1.82, 2.24) is 9.88 Å². The molecule has 0 aromatic carbocycles. The van der Waals surface area contributed by atoms with Crippen molar-refractivity contribution < 1.29 is 14.6 Å². The lowest BCUT2D eigenvalue weighted by Gasteiger charge is -2.20. The second-order valence-corrected chi connectivity index (χ2v) is 3.40. The van der Waals surface area contributed by atoms with E-state index in [1.807, 2.05) is 0 Å². The number of aromatic hydroxyl groups is 1. The second-order valence-electron chi connectivity index (χ2n) is 3.40. The van der Waals surface area contributed by atoms with Crippen LogP contribution in [0.15, 0.2) is 31.0 Å². The summed E-state index contributed by atoms with van der Waals surface area (Å²) in [6, 6.07) is 3.00. The Labute approximate surface area is 100 Å². The first-order chi connectivity index (χ1) is 8.20. The summed E-state index contributed by atoms with van der Waals surface area (Å²) in [4.78, 5) is 17.4. The molecular formula is C12H16N2O3. The summed E-state index contributed by atoms with van der Waals surface area (Å²) in [6.45, 7) is 4.83. The molecule has 1 heterocycles. The highest BCUT2D eigenvalue weighted by Gasteiger charge is 2.18. The molecule has 0 saturated carbocycles. The van der Waals surface area contributed by atoms with Gasteiger partial charge < -0.3 is 14.7 Å². The first kappa shape index (κ1) is 13.2. The molecule has 1 aromatic rings. The van der Waals surface area contributed by atoms with E-state index in [0.717, 1.165) is 0 Å². The van der Waals surface area contributed by atoms with Gasteiger partial charge in [0.2, 0.25) is 0 Å². The fourth-order valence-corrected chi connectivity index (χ4v) is 1.34. The first-order valence-corrected chi connectivity index (χ1v) is 5.23. The topological polar surface area (TPSA) is 62.7 Å². The Morgan fingerprint density at radius 3 is 3.06 bits per heavy atom. The summed E-state index contributed by atoms with van der Waals surface area (Å²) in [5.41, 5.74) is 0.0467.